The molecular formula is C14H16ClNO3. The Morgan fingerprint density at radius 3 is 2.74 bits per heavy atom. The second-order valence-electron chi connectivity index (χ2n) is 4.63. The maximum Gasteiger partial charge on any atom is 0.410 e. The van der Waals surface area contributed by atoms with Crippen LogP contribution < -0.4 is 0 Å². The number of amides is 1. The Morgan fingerprint density at radius 2 is 2.05 bits per heavy atom. The number of hydrogen-bond acceptors (Lipinski definition) is 3. The fourth-order valence-electron chi connectivity index (χ4n) is 2.14. The van der Waals surface area contributed by atoms with Crippen LogP contribution in [0.5, 0.6) is 0 Å². The minimum atomic E-state index is -0.383. The Labute approximate surface area is 117 Å². The lowest BCUT2D eigenvalue weighted by Gasteiger charge is -2.30. The number of rotatable bonds is 3. The summed E-state index contributed by atoms with van der Waals surface area (Å²) < 4.78 is 5.23. The predicted octanol–water partition coefficient (Wildman–Crippen LogP) is 2.80. The van der Waals surface area contributed by atoms with Crippen molar-refractivity contribution >= 4 is 22.9 Å². The second-order valence-corrected chi connectivity index (χ2v) is 5.00. The zero-order valence-corrected chi connectivity index (χ0v) is 11.3. The molecule has 1 atom stereocenters. The number of piperidine rings is 1. The third-order valence-corrected chi connectivity index (χ3v) is 3.51. The van der Waals surface area contributed by atoms with Gasteiger partial charge in [-0.3, -0.25) is 4.79 Å². The first kappa shape index (κ1) is 13.9. The number of carbonyl (C=O) groups is 2. The molecular weight excluding hydrogens is 266 g/mol. The van der Waals surface area contributed by atoms with Crippen molar-refractivity contribution in [2.45, 2.75) is 19.4 Å². The first-order valence-corrected chi connectivity index (χ1v) is 6.69. The van der Waals surface area contributed by atoms with E-state index in [1.54, 1.807) is 4.90 Å². The maximum atomic E-state index is 11.9. The highest BCUT2D eigenvalue weighted by Crippen LogP contribution is 2.19. The summed E-state index contributed by atoms with van der Waals surface area (Å²) in [6.45, 7) is 1.22. The number of likely N-dealkylation sites (tertiary alicyclic amines) is 1. The number of ether oxygens (including phenoxy) is 1. The van der Waals surface area contributed by atoms with Crippen LogP contribution in [0.15, 0.2) is 30.3 Å². The SMILES string of the molecule is O=C(Cl)[C@@H]1CCCN(C(=O)OCc2ccccc2)C1. The molecule has 1 aromatic carbocycles. The number of hydrogen-bond donors (Lipinski definition) is 0. The number of benzene rings is 1. The lowest BCUT2D eigenvalue weighted by atomic mass is 10.00. The lowest BCUT2D eigenvalue weighted by Crippen LogP contribution is -2.41. The van der Waals surface area contributed by atoms with Gasteiger partial charge in [0.25, 0.3) is 0 Å². The van der Waals surface area contributed by atoms with Gasteiger partial charge in [-0.05, 0) is 30.0 Å². The summed E-state index contributed by atoms with van der Waals surface area (Å²) in [6, 6.07) is 9.49. The van der Waals surface area contributed by atoms with Gasteiger partial charge in [0.1, 0.15) is 6.61 Å². The molecule has 0 radical (unpaired) electrons. The molecule has 1 amide bonds. The average Bonchev–Trinajstić information content (AvgIpc) is 2.46. The average molecular weight is 282 g/mol. The highest BCUT2D eigenvalue weighted by atomic mass is 35.5. The van der Waals surface area contributed by atoms with Crippen molar-refractivity contribution in [2.75, 3.05) is 13.1 Å². The third kappa shape index (κ3) is 3.96. The molecule has 2 rings (SSSR count). The van der Waals surface area contributed by atoms with E-state index >= 15 is 0 Å². The van der Waals surface area contributed by atoms with Crippen molar-refractivity contribution in [2.24, 2.45) is 5.92 Å². The normalized spacial score (nSPS) is 19.0. The van der Waals surface area contributed by atoms with Crippen LogP contribution >= 0.6 is 11.6 Å². The molecule has 0 saturated carbocycles. The van der Waals surface area contributed by atoms with Crippen molar-refractivity contribution in [3.8, 4) is 0 Å². The summed E-state index contributed by atoms with van der Waals surface area (Å²) in [7, 11) is 0. The molecule has 1 aliphatic heterocycles. The molecule has 0 N–H and O–H groups in total. The van der Waals surface area contributed by atoms with Crippen molar-refractivity contribution in [1.82, 2.24) is 4.90 Å². The first-order valence-electron chi connectivity index (χ1n) is 6.32. The highest BCUT2D eigenvalue weighted by Gasteiger charge is 2.28. The summed E-state index contributed by atoms with van der Waals surface area (Å²) >= 11 is 5.48. The molecule has 5 heteroatoms. The zero-order valence-electron chi connectivity index (χ0n) is 10.5. The molecule has 0 spiro atoms. The van der Waals surface area contributed by atoms with E-state index < -0.39 is 0 Å². The van der Waals surface area contributed by atoms with Gasteiger partial charge >= 0.3 is 6.09 Å². The van der Waals surface area contributed by atoms with Gasteiger partial charge in [-0.2, -0.15) is 0 Å². The van der Waals surface area contributed by atoms with Crippen LogP contribution in [0.2, 0.25) is 0 Å². The summed E-state index contributed by atoms with van der Waals surface area (Å²) in [5.41, 5.74) is 0.942. The summed E-state index contributed by atoms with van der Waals surface area (Å²) in [4.78, 5) is 24.6. The Balaban J connectivity index is 1.84. The predicted molar refractivity (Wildman–Crippen MR) is 71.8 cm³/mol. The molecule has 0 aromatic heterocycles. The van der Waals surface area contributed by atoms with E-state index in [4.69, 9.17) is 16.3 Å². The van der Waals surface area contributed by atoms with Crippen LogP contribution in [0, 0.1) is 5.92 Å². The number of nitrogens with zero attached hydrogens (tertiary/aromatic N) is 1. The molecule has 0 unspecified atom stereocenters. The lowest BCUT2D eigenvalue weighted by molar-refractivity contribution is -0.116. The van der Waals surface area contributed by atoms with Crippen molar-refractivity contribution in [1.29, 1.82) is 0 Å². The summed E-state index contributed by atoms with van der Waals surface area (Å²) in [5.74, 6) is -0.264. The number of halogens is 1. The van der Waals surface area contributed by atoms with E-state index in [0.717, 1.165) is 18.4 Å². The summed E-state index contributed by atoms with van der Waals surface area (Å²) in [6.07, 6.45) is 1.14. The van der Waals surface area contributed by atoms with E-state index in [2.05, 4.69) is 0 Å². The molecule has 19 heavy (non-hydrogen) atoms. The standard InChI is InChI=1S/C14H16ClNO3/c15-13(17)12-7-4-8-16(9-12)14(18)19-10-11-5-2-1-3-6-11/h1-3,5-6,12H,4,7-10H2/t12-/m1/s1. The van der Waals surface area contributed by atoms with Gasteiger partial charge in [0.05, 0.1) is 5.92 Å². The van der Waals surface area contributed by atoms with E-state index in [0.29, 0.717) is 13.1 Å². The van der Waals surface area contributed by atoms with E-state index in [1.807, 2.05) is 30.3 Å². The van der Waals surface area contributed by atoms with Crippen LogP contribution in [0.3, 0.4) is 0 Å². The summed E-state index contributed by atoms with van der Waals surface area (Å²) in [5, 5.41) is -0.374. The first-order chi connectivity index (χ1) is 9.16. The minimum Gasteiger partial charge on any atom is -0.445 e. The Bertz CT molecular complexity index is 449. The Morgan fingerprint density at radius 1 is 1.32 bits per heavy atom. The van der Waals surface area contributed by atoms with E-state index in [9.17, 15) is 9.59 Å². The van der Waals surface area contributed by atoms with Crippen molar-refractivity contribution < 1.29 is 14.3 Å². The monoisotopic (exact) mass is 281 g/mol. The van der Waals surface area contributed by atoms with Crippen LogP contribution in [0.25, 0.3) is 0 Å². The smallest absolute Gasteiger partial charge is 0.410 e. The fraction of sp³-hybridized carbons (Fsp3) is 0.429. The zero-order chi connectivity index (χ0) is 13.7. The number of carbonyl (C=O) groups excluding carboxylic acids is 2. The van der Waals surface area contributed by atoms with Crippen LogP contribution in [-0.2, 0) is 16.1 Å². The maximum absolute atomic E-state index is 11.9. The quantitative estimate of drug-likeness (QED) is 0.801. The van der Waals surface area contributed by atoms with Gasteiger partial charge in [-0.1, -0.05) is 30.3 Å². The van der Waals surface area contributed by atoms with Gasteiger partial charge in [0.2, 0.25) is 5.24 Å². The molecule has 1 fully saturated rings. The van der Waals surface area contributed by atoms with Gasteiger partial charge in [0.15, 0.2) is 0 Å². The van der Waals surface area contributed by atoms with Crippen LogP contribution in [-0.4, -0.2) is 29.3 Å². The third-order valence-electron chi connectivity index (χ3n) is 3.21. The van der Waals surface area contributed by atoms with Gasteiger partial charge < -0.3 is 9.64 Å². The Hall–Kier alpha value is -1.55. The van der Waals surface area contributed by atoms with Crippen LogP contribution in [0.4, 0.5) is 4.79 Å². The molecule has 1 aliphatic rings. The van der Waals surface area contributed by atoms with Crippen LogP contribution in [0.1, 0.15) is 18.4 Å². The van der Waals surface area contributed by atoms with E-state index in [1.165, 1.54) is 0 Å². The van der Waals surface area contributed by atoms with Crippen molar-refractivity contribution in [3.05, 3.63) is 35.9 Å². The second kappa shape index (κ2) is 6.57. The topological polar surface area (TPSA) is 46.6 Å². The highest BCUT2D eigenvalue weighted by molar-refractivity contribution is 6.64. The molecule has 4 nitrogen and oxygen atoms in total. The van der Waals surface area contributed by atoms with Gasteiger partial charge in [-0.25, -0.2) is 4.79 Å². The van der Waals surface area contributed by atoms with Gasteiger partial charge in [0, 0.05) is 13.1 Å². The largest absolute Gasteiger partial charge is 0.445 e. The Kier molecular flexibility index (Phi) is 4.80. The molecule has 1 heterocycles. The van der Waals surface area contributed by atoms with Gasteiger partial charge in [-0.15, -0.1) is 0 Å². The fourth-order valence-corrected chi connectivity index (χ4v) is 2.32. The molecule has 0 bridgehead atoms. The van der Waals surface area contributed by atoms with Crippen molar-refractivity contribution in [3.63, 3.8) is 0 Å². The minimum absolute atomic E-state index is 0.246. The molecule has 102 valence electrons. The molecule has 0 aliphatic carbocycles. The molecule has 1 aromatic rings. The van der Waals surface area contributed by atoms with E-state index in [-0.39, 0.29) is 23.9 Å². The molecule has 1 saturated heterocycles.